The number of nitrogens with zero attached hydrogens (tertiary/aromatic N) is 2. The number of thioether (sulfide) groups is 1. The van der Waals surface area contributed by atoms with Gasteiger partial charge in [-0.15, -0.1) is 0 Å². The highest BCUT2D eigenvalue weighted by molar-refractivity contribution is 7.98. The highest BCUT2D eigenvalue weighted by atomic mass is 32.2. The maximum absolute atomic E-state index is 12.9. The van der Waals surface area contributed by atoms with Crippen LogP contribution in [-0.4, -0.2) is 51.7 Å². The molecule has 0 bridgehead atoms. The molecule has 8 nitrogen and oxygen atoms in total. The maximum Gasteiger partial charge on any atom is 0.357 e. The Kier molecular flexibility index (Phi) is 6.65. The molecular weight excluding hydrogens is 418 g/mol. The minimum absolute atomic E-state index is 0.208. The van der Waals surface area contributed by atoms with Crippen LogP contribution in [0, 0.1) is 13.8 Å². The van der Waals surface area contributed by atoms with Crippen LogP contribution in [0.2, 0.25) is 0 Å². The summed E-state index contributed by atoms with van der Waals surface area (Å²) >= 11 is 1.39. The Morgan fingerprint density at radius 1 is 1.13 bits per heavy atom. The number of Topliss-reactive ketones (excluding diaryl/α,β-unsaturated/α-hetero) is 1. The molecule has 9 heteroatoms. The number of imidazole rings is 1. The van der Waals surface area contributed by atoms with E-state index in [1.807, 2.05) is 36.6 Å². The second kappa shape index (κ2) is 9.22. The van der Waals surface area contributed by atoms with Crippen LogP contribution in [0.1, 0.15) is 49.5 Å². The van der Waals surface area contributed by atoms with E-state index in [4.69, 9.17) is 9.47 Å². The van der Waals surface area contributed by atoms with Crippen LogP contribution in [0.3, 0.4) is 0 Å². The normalized spacial score (nSPS) is 11.8. The first-order valence-corrected chi connectivity index (χ1v) is 10.7. The number of esters is 2. The first-order chi connectivity index (χ1) is 14.8. The van der Waals surface area contributed by atoms with Crippen molar-refractivity contribution in [2.24, 2.45) is 0 Å². The average molecular weight is 442 g/mol. The van der Waals surface area contributed by atoms with E-state index in [1.54, 1.807) is 18.4 Å². The third-order valence-electron chi connectivity index (χ3n) is 4.86. The lowest BCUT2D eigenvalue weighted by Crippen LogP contribution is -2.26. The molecule has 0 aliphatic carbocycles. The number of benzene rings is 1. The molecule has 0 fully saturated rings. The minimum Gasteiger partial charge on any atom is -0.465 e. The van der Waals surface area contributed by atoms with Gasteiger partial charge in [0, 0.05) is 11.4 Å². The van der Waals surface area contributed by atoms with Gasteiger partial charge in [0.15, 0.2) is 17.0 Å². The van der Waals surface area contributed by atoms with Gasteiger partial charge in [0.1, 0.15) is 0 Å². The summed E-state index contributed by atoms with van der Waals surface area (Å²) in [6.07, 6.45) is 2.21. The van der Waals surface area contributed by atoms with Gasteiger partial charge in [-0.25, -0.2) is 14.6 Å². The van der Waals surface area contributed by atoms with Gasteiger partial charge < -0.3 is 14.5 Å². The first-order valence-electron chi connectivity index (χ1n) is 9.49. The molecule has 0 saturated carbocycles. The van der Waals surface area contributed by atoms with Crippen LogP contribution < -0.4 is 0 Å². The van der Waals surface area contributed by atoms with Crippen molar-refractivity contribution in [1.29, 1.82) is 0 Å². The fraction of sp³-hybridized carbons (Fsp3) is 0.273. The summed E-state index contributed by atoms with van der Waals surface area (Å²) in [4.78, 5) is 45.0. The lowest BCUT2D eigenvalue weighted by atomic mass is 10.1. The average Bonchev–Trinajstić information content (AvgIpc) is 3.33. The van der Waals surface area contributed by atoms with Gasteiger partial charge in [0.2, 0.25) is 5.78 Å². The number of hydrogen-bond donors (Lipinski definition) is 1. The van der Waals surface area contributed by atoms with Crippen molar-refractivity contribution in [3.05, 3.63) is 64.7 Å². The summed E-state index contributed by atoms with van der Waals surface area (Å²) in [5, 5.41) is 0.621. The van der Waals surface area contributed by atoms with Crippen molar-refractivity contribution < 1.29 is 23.9 Å². The number of hydrogen-bond acceptors (Lipinski definition) is 7. The predicted octanol–water partition coefficient (Wildman–Crippen LogP) is 3.75. The molecule has 0 aliphatic heterocycles. The predicted molar refractivity (Wildman–Crippen MR) is 116 cm³/mol. The number of aromatic nitrogens is 3. The Hall–Kier alpha value is -3.33. The third kappa shape index (κ3) is 4.27. The molecule has 0 radical (unpaired) electrons. The molecule has 2 heterocycles. The van der Waals surface area contributed by atoms with Crippen LogP contribution in [-0.2, 0) is 9.47 Å². The van der Waals surface area contributed by atoms with Crippen molar-refractivity contribution in [2.45, 2.75) is 32.0 Å². The molecule has 31 heavy (non-hydrogen) atoms. The highest BCUT2D eigenvalue weighted by Gasteiger charge is 2.29. The van der Waals surface area contributed by atoms with Gasteiger partial charge in [0.25, 0.3) is 0 Å². The van der Waals surface area contributed by atoms with E-state index in [9.17, 15) is 14.4 Å². The number of aryl methyl sites for hydroxylation is 1. The van der Waals surface area contributed by atoms with Gasteiger partial charge >= 0.3 is 11.9 Å². The number of ether oxygens (including phenoxy) is 2. The second-order valence-corrected chi connectivity index (χ2v) is 7.60. The number of para-hydroxylation sites is 1. The molecule has 1 unspecified atom stereocenters. The quantitative estimate of drug-likeness (QED) is 0.338. The van der Waals surface area contributed by atoms with Crippen molar-refractivity contribution in [1.82, 2.24) is 14.5 Å². The molecular formula is C22H23N3O5S. The summed E-state index contributed by atoms with van der Waals surface area (Å²) < 4.78 is 11.9. The zero-order chi connectivity index (χ0) is 22.7. The lowest BCUT2D eigenvalue weighted by molar-refractivity contribution is 0.0308. The Morgan fingerprint density at radius 2 is 1.81 bits per heavy atom. The van der Waals surface area contributed by atoms with E-state index in [1.165, 1.54) is 32.0 Å². The van der Waals surface area contributed by atoms with Gasteiger partial charge in [-0.05, 0) is 44.7 Å². The van der Waals surface area contributed by atoms with Crippen molar-refractivity contribution in [3.63, 3.8) is 0 Å². The number of carbonyl (C=O) groups excluding carboxylic acids is 3. The van der Waals surface area contributed by atoms with E-state index in [0.717, 1.165) is 5.69 Å². The summed E-state index contributed by atoms with van der Waals surface area (Å²) in [6.45, 7) is 4.81. The Morgan fingerprint density at radius 3 is 2.42 bits per heavy atom. The van der Waals surface area contributed by atoms with Gasteiger partial charge in [-0.3, -0.25) is 9.36 Å². The van der Waals surface area contributed by atoms with Crippen molar-refractivity contribution >= 4 is 29.5 Å². The summed E-state index contributed by atoms with van der Waals surface area (Å²) in [5.74, 6) is -1.65. The topological polar surface area (TPSA) is 103 Å². The summed E-state index contributed by atoms with van der Waals surface area (Å²) in [7, 11) is 1.28. The number of nitrogens with one attached hydrogen (secondary N) is 1. The molecule has 3 rings (SSSR count). The van der Waals surface area contributed by atoms with Crippen molar-refractivity contribution in [2.75, 3.05) is 13.4 Å². The molecule has 0 spiro atoms. The standard InChI is InChI=1S/C22H23N3O5S/c1-12-17(21(28)29-4)13(2)24-18(12)19(26)14(3)30-20(27)16-11-23-22(31-5)25(16)15-9-7-6-8-10-15/h6-11,14,24H,1-5H3. The van der Waals surface area contributed by atoms with E-state index >= 15 is 0 Å². The largest absolute Gasteiger partial charge is 0.465 e. The molecule has 2 aromatic heterocycles. The molecule has 3 aromatic rings. The monoisotopic (exact) mass is 441 g/mol. The van der Waals surface area contributed by atoms with Crippen LogP contribution in [0.5, 0.6) is 0 Å². The SMILES string of the molecule is COC(=O)c1c(C)[nH]c(C(=O)C(C)OC(=O)c2cnc(SC)n2-c2ccccc2)c1C. The van der Waals surface area contributed by atoms with Crippen LogP contribution >= 0.6 is 11.8 Å². The van der Waals surface area contributed by atoms with E-state index in [-0.39, 0.29) is 11.4 Å². The van der Waals surface area contributed by atoms with Crippen LogP contribution in [0.4, 0.5) is 0 Å². The van der Waals surface area contributed by atoms with Crippen molar-refractivity contribution in [3.8, 4) is 5.69 Å². The number of ketones is 1. The molecule has 0 saturated heterocycles. The lowest BCUT2D eigenvalue weighted by Gasteiger charge is -2.14. The summed E-state index contributed by atoms with van der Waals surface area (Å²) in [6, 6.07) is 9.30. The Balaban J connectivity index is 1.86. The number of methoxy groups -OCH3 is 1. The first kappa shape index (κ1) is 22.4. The van der Waals surface area contributed by atoms with Gasteiger partial charge in [0.05, 0.1) is 24.6 Å². The molecule has 1 atom stereocenters. The zero-order valence-corrected chi connectivity index (χ0v) is 18.7. The highest BCUT2D eigenvalue weighted by Crippen LogP contribution is 2.24. The fourth-order valence-electron chi connectivity index (χ4n) is 3.33. The third-order valence-corrected chi connectivity index (χ3v) is 5.52. The Labute approximate surface area is 184 Å². The van der Waals surface area contributed by atoms with E-state index in [2.05, 4.69) is 9.97 Å². The minimum atomic E-state index is -1.08. The fourth-order valence-corrected chi connectivity index (χ4v) is 3.88. The van der Waals surface area contributed by atoms with Crippen LogP contribution in [0.25, 0.3) is 5.69 Å². The number of aromatic amines is 1. The van der Waals surface area contributed by atoms with Gasteiger partial charge in [-0.2, -0.15) is 0 Å². The second-order valence-electron chi connectivity index (χ2n) is 6.83. The number of H-pyrrole nitrogens is 1. The number of carbonyl (C=O) groups is 3. The molecule has 1 aromatic carbocycles. The summed E-state index contributed by atoms with van der Waals surface area (Å²) in [5.41, 5.74) is 2.45. The molecule has 0 aliphatic rings. The number of rotatable bonds is 7. The maximum atomic E-state index is 12.9. The van der Waals surface area contributed by atoms with Crippen LogP contribution in [0.15, 0.2) is 41.7 Å². The molecule has 1 N–H and O–H groups in total. The molecule has 162 valence electrons. The smallest absolute Gasteiger partial charge is 0.357 e. The zero-order valence-electron chi connectivity index (χ0n) is 17.9. The van der Waals surface area contributed by atoms with E-state index in [0.29, 0.717) is 22.0 Å². The van der Waals surface area contributed by atoms with Gasteiger partial charge in [-0.1, -0.05) is 30.0 Å². The Bertz CT molecular complexity index is 1130. The van der Waals surface area contributed by atoms with E-state index < -0.39 is 23.8 Å². The molecule has 0 amide bonds.